The maximum atomic E-state index is 6.14. The molecular weight excluding hydrogens is 254 g/mol. The Hall–Kier alpha value is -1.10. The van der Waals surface area contributed by atoms with E-state index in [2.05, 4.69) is 11.4 Å². The Kier molecular flexibility index (Phi) is 4.55. The van der Waals surface area contributed by atoms with E-state index in [0.717, 1.165) is 38.4 Å². The van der Waals surface area contributed by atoms with Crippen molar-refractivity contribution < 1.29 is 14.2 Å². The van der Waals surface area contributed by atoms with Gasteiger partial charge >= 0.3 is 0 Å². The van der Waals surface area contributed by atoms with Gasteiger partial charge in [0.15, 0.2) is 0 Å². The van der Waals surface area contributed by atoms with Crippen LogP contribution in [0.1, 0.15) is 24.4 Å². The maximum absolute atomic E-state index is 6.14. The van der Waals surface area contributed by atoms with Crippen LogP contribution in [0, 0.1) is 5.92 Å². The molecule has 1 fully saturated rings. The van der Waals surface area contributed by atoms with E-state index < -0.39 is 0 Å². The molecule has 3 rings (SSSR count). The fourth-order valence-electron chi connectivity index (χ4n) is 3.00. The minimum absolute atomic E-state index is 0.0812. The maximum Gasteiger partial charge on any atom is 0.124 e. The SMILES string of the molecule is CNC1c2ccccc2OCC1OCC1CCOCC1. The first-order valence-electron chi connectivity index (χ1n) is 7.47. The molecule has 2 heterocycles. The number of para-hydroxylation sites is 1. The van der Waals surface area contributed by atoms with Crippen LogP contribution in [0.4, 0.5) is 0 Å². The molecule has 1 aromatic carbocycles. The second-order valence-electron chi connectivity index (χ2n) is 5.54. The molecule has 20 heavy (non-hydrogen) atoms. The minimum Gasteiger partial charge on any atom is -0.490 e. The lowest BCUT2D eigenvalue weighted by molar-refractivity contribution is -0.0473. The van der Waals surface area contributed by atoms with Crippen molar-refractivity contribution in [2.75, 3.05) is 33.5 Å². The predicted octanol–water partition coefficient (Wildman–Crippen LogP) is 2.15. The van der Waals surface area contributed by atoms with Gasteiger partial charge in [-0.25, -0.2) is 0 Å². The Balaban J connectivity index is 1.62. The lowest BCUT2D eigenvalue weighted by Gasteiger charge is -2.34. The third-order valence-electron chi connectivity index (χ3n) is 4.23. The number of ether oxygens (including phenoxy) is 3. The molecule has 4 heteroatoms. The largest absolute Gasteiger partial charge is 0.490 e. The first-order valence-corrected chi connectivity index (χ1v) is 7.47. The summed E-state index contributed by atoms with van der Waals surface area (Å²) in [6.07, 6.45) is 2.29. The zero-order chi connectivity index (χ0) is 13.8. The summed E-state index contributed by atoms with van der Waals surface area (Å²) < 4.78 is 17.3. The molecule has 1 aromatic rings. The molecule has 0 bridgehead atoms. The smallest absolute Gasteiger partial charge is 0.124 e. The number of benzene rings is 1. The Bertz CT molecular complexity index is 431. The highest BCUT2D eigenvalue weighted by molar-refractivity contribution is 5.38. The Morgan fingerprint density at radius 3 is 2.85 bits per heavy atom. The topological polar surface area (TPSA) is 39.7 Å². The van der Waals surface area contributed by atoms with Crippen LogP contribution in [0.2, 0.25) is 0 Å². The molecule has 0 spiro atoms. The summed E-state index contributed by atoms with van der Waals surface area (Å²) in [7, 11) is 1.98. The van der Waals surface area contributed by atoms with Crippen LogP contribution in [-0.4, -0.2) is 39.6 Å². The van der Waals surface area contributed by atoms with Crippen molar-refractivity contribution in [3.05, 3.63) is 29.8 Å². The summed E-state index contributed by atoms with van der Waals surface area (Å²) in [5.41, 5.74) is 1.19. The first-order chi connectivity index (χ1) is 9.88. The molecule has 2 aliphatic rings. The van der Waals surface area contributed by atoms with E-state index in [4.69, 9.17) is 14.2 Å². The molecule has 2 unspecified atom stereocenters. The van der Waals surface area contributed by atoms with Gasteiger partial charge in [-0.1, -0.05) is 18.2 Å². The Labute approximate surface area is 120 Å². The van der Waals surface area contributed by atoms with Gasteiger partial charge in [0, 0.05) is 18.8 Å². The van der Waals surface area contributed by atoms with Crippen LogP contribution in [0.3, 0.4) is 0 Å². The quantitative estimate of drug-likeness (QED) is 0.915. The molecule has 0 saturated carbocycles. The second-order valence-corrected chi connectivity index (χ2v) is 5.54. The highest BCUT2D eigenvalue weighted by Gasteiger charge is 2.31. The molecule has 0 radical (unpaired) electrons. The standard InChI is InChI=1S/C16H23NO3/c1-17-16-13-4-2-3-5-14(13)20-11-15(16)19-10-12-6-8-18-9-7-12/h2-5,12,15-17H,6-11H2,1H3. The summed E-state index contributed by atoms with van der Waals surface area (Å²) >= 11 is 0. The number of rotatable bonds is 4. The molecular formula is C16H23NO3. The molecule has 110 valence electrons. The average Bonchev–Trinajstić information content (AvgIpc) is 2.53. The van der Waals surface area contributed by atoms with Crippen LogP contribution in [0.5, 0.6) is 5.75 Å². The van der Waals surface area contributed by atoms with Gasteiger partial charge in [0.1, 0.15) is 18.5 Å². The number of fused-ring (bicyclic) bond motifs is 1. The van der Waals surface area contributed by atoms with Gasteiger partial charge in [0.2, 0.25) is 0 Å². The minimum atomic E-state index is 0.0812. The lowest BCUT2D eigenvalue weighted by Crippen LogP contribution is -2.40. The Morgan fingerprint density at radius 1 is 1.25 bits per heavy atom. The zero-order valence-corrected chi connectivity index (χ0v) is 12.0. The third-order valence-corrected chi connectivity index (χ3v) is 4.23. The predicted molar refractivity (Wildman–Crippen MR) is 77.0 cm³/mol. The van der Waals surface area contributed by atoms with Crippen molar-refractivity contribution in [2.24, 2.45) is 5.92 Å². The van der Waals surface area contributed by atoms with Gasteiger partial charge < -0.3 is 19.5 Å². The van der Waals surface area contributed by atoms with E-state index in [0.29, 0.717) is 12.5 Å². The zero-order valence-electron chi connectivity index (χ0n) is 12.0. The molecule has 1 N–H and O–H groups in total. The summed E-state index contributed by atoms with van der Waals surface area (Å²) in [6.45, 7) is 3.16. The van der Waals surface area contributed by atoms with E-state index in [9.17, 15) is 0 Å². The second kappa shape index (κ2) is 6.57. The summed E-state index contributed by atoms with van der Waals surface area (Å²) in [6, 6.07) is 8.40. The molecule has 0 aromatic heterocycles. The van der Waals surface area contributed by atoms with E-state index in [-0.39, 0.29) is 12.1 Å². The van der Waals surface area contributed by atoms with Gasteiger partial charge in [0.25, 0.3) is 0 Å². The van der Waals surface area contributed by atoms with E-state index >= 15 is 0 Å². The lowest BCUT2D eigenvalue weighted by atomic mass is 9.97. The van der Waals surface area contributed by atoms with E-state index in [1.165, 1.54) is 5.56 Å². The number of hydrogen-bond acceptors (Lipinski definition) is 4. The number of nitrogens with one attached hydrogen (secondary N) is 1. The van der Waals surface area contributed by atoms with Crippen molar-refractivity contribution in [1.29, 1.82) is 0 Å². The van der Waals surface area contributed by atoms with Crippen LogP contribution >= 0.6 is 0 Å². The molecule has 4 nitrogen and oxygen atoms in total. The van der Waals surface area contributed by atoms with E-state index in [1.54, 1.807) is 0 Å². The van der Waals surface area contributed by atoms with Crippen LogP contribution in [0.25, 0.3) is 0 Å². The Morgan fingerprint density at radius 2 is 2.05 bits per heavy atom. The van der Waals surface area contributed by atoms with Crippen molar-refractivity contribution in [3.8, 4) is 5.75 Å². The summed E-state index contributed by atoms with van der Waals surface area (Å²) in [5, 5.41) is 3.37. The van der Waals surface area contributed by atoms with Gasteiger partial charge in [-0.3, -0.25) is 0 Å². The van der Waals surface area contributed by atoms with E-state index in [1.807, 2.05) is 25.2 Å². The summed E-state index contributed by atoms with van der Waals surface area (Å²) in [4.78, 5) is 0. The normalized spacial score (nSPS) is 26.9. The van der Waals surface area contributed by atoms with Crippen molar-refractivity contribution in [3.63, 3.8) is 0 Å². The average molecular weight is 277 g/mol. The van der Waals surface area contributed by atoms with Gasteiger partial charge in [0.05, 0.1) is 12.6 Å². The first kappa shape index (κ1) is 13.9. The van der Waals surface area contributed by atoms with Crippen LogP contribution < -0.4 is 10.1 Å². The number of hydrogen-bond donors (Lipinski definition) is 1. The fourth-order valence-corrected chi connectivity index (χ4v) is 3.00. The van der Waals surface area contributed by atoms with Crippen molar-refractivity contribution in [2.45, 2.75) is 25.0 Å². The summed E-state index contributed by atoms with van der Waals surface area (Å²) in [5.74, 6) is 1.59. The molecule has 2 aliphatic heterocycles. The molecule has 0 aliphatic carbocycles. The van der Waals surface area contributed by atoms with Crippen LogP contribution in [-0.2, 0) is 9.47 Å². The van der Waals surface area contributed by atoms with Gasteiger partial charge in [-0.05, 0) is 31.9 Å². The number of likely N-dealkylation sites (N-methyl/N-ethyl adjacent to an activating group) is 1. The third kappa shape index (κ3) is 2.97. The molecule has 2 atom stereocenters. The molecule has 1 saturated heterocycles. The fraction of sp³-hybridized carbons (Fsp3) is 0.625. The highest BCUT2D eigenvalue weighted by atomic mass is 16.5. The van der Waals surface area contributed by atoms with Gasteiger partial charge in [-0.15, -0.1) is 0 Å². The highest BCUT2D eigenvalue weighted by Crippen LogP contribution is 2.33. The van der Waals surface area contributed by atoms with Gasteiger partial charge in [-0.2, -0.15) is 0 Å². The van der Waals surface area contributed by atoms with Crippen molar-refractivity contribution >= 4 is 0 Å². The monoisotopic (exact) mass is 277 g/mol. The van der Waals surface area contributed by atoms with Crippen LogP contribution in [0.15, 0.2) is 24.3 Å². The van der Waals surface area contributed by atoms with Crippen molar-refractivity contribution in [1.82, 2.24) is 5.32 Å². The molecule has 0 amide bonds.